The lowest BCUT2D eigenvalue weighted by atomic mass is 10.2. The number of hydrogen-bond donors (Lipinski definition) is 2. The Hall–Kier alpha value is -1.64. The van der Waals surface area contributed by atoms with E-state index in [0.717, 1.165) is 0 Å². The molecule has 0 radical (unpaired) electrons. The largest absolute Gasteiger partial charge is 0.351 e. The third-order valence-electron chi connectivity index (χ3n) is 3.55. The van der Waals surface area contributed by atoms with Crippen LogP contribution in [0.2, 0.25) is 5.02 Å². The Morgan fingerprint density at radius 1 is 1.21 bits per heavy atom. The maximum absolute atomic E-state index is 11.9. The smallest absolute Gasteiger partial charge is 0.238 e. The molecule has 0 aliphatic carbocycles. The Labute approximate surface area is 146 Å². The van der Waals surface area contributed by atoms with Gasteiger partial charge >= 0.3 is 0 Å². The highest BCUT2D eigenvalue weighted by molar-refractivity contribution is 7.91. The van der Waals surface area contributed by atoms with Gasteiger partial charge in [0.2, 0.25) is 11.8 Å². The van der Waals surface area contributed by atoms with E-state index >= 15 is 0 Å². The molecule has 2 amide bonds. The SMILES string of the molecule is CN(CC(=O)Nc1ccc(Cl)cc1)CC(=O)N[C@H]1CCS(=O)(=O)C1. The zero-order valence-electron chi connectivity index (χ0n) is 13.3. The quantitative estimate of drug-likeness (QED) is 0.757. The number of likely N-dealkylation sites (N-methyl/N-ethyl adjacent to an activating group) is 1. The summed E-state index contributed by atoms with van der Waals surface area (Å²) >= 11 is 5.77. The van der Waals surface area contributed by atoms with Crippen LogP contribution in [-0.2, 0) is 19.4 Å². The summed E-state index contributed by atoms with van der Waals surface area (Å²) in [5.74, 6) is -0.452. The van der Waals surface area contributed by atoms with E-state index in [1.54, 1.807) is 36.2 Å². The number of hydrogen-bond acceptors (Lipinski definition) is 5. The lowest BCUT2D eigenvalue weighted by Gasteiger charge is -2.17. The monoisotopic (exact) mass is 373 g/mol. The van der Waals surface area contributed by atoms with Gasteiger partial charge in [0.25, 0.3) is 0 Å². The maximum atomic E-state index is 11.9. The van der Waals surface area contributed by atoms with Gasteiger partial charge in [-0.15, -0.1) is 0 Å². The standard InChI is InChI=1S/C15H20ClN3O4S/c1-19(8-14(20)17-12-4-2-11(16)3-5-12)9-15(21)18-13-6-7-24(22,23)10-13/h2-5,13H,6-10H2,1H3,(H,17,20)(H,18,21)/t13-/m0/s1. The average molecular weight is 374 g/mol. The summed E-state index contributed by atoms with van der Waals surface area (Å²) in [5.41, 5.74) is 0.624. The van der Waals surface area contributed by atoms with E-state index in [2.05, 4.69) is 10.6 Å². The number of nitrogens with one attached hydrogen (secondary N) is 2. The zero-order chi connectivity index (χ0) is 17.7. The van der Waals surface area contributed by atoms with Crippen LogP contribution in [0.4, 0.5) is 5.69 Å². The number of nitrogens with zero attached hydrogens (tertiary/aromatic N) is 1. The van der Waals surface area contributed by atoms with Crippen molar-refractivity contribution in [2.24, 2.45) is 0 Å². The molecular weight excluding hydrogens is 354 g/mol. The fourth-order valence-corrected chi connectivity index (χ4v) is 4.26. The minimum Gasteiger partial charge on any atom is -0.351 e. The van der Waals surface area contributed by atoms with Gasteiger partial charge in [0, 0.05) is 16.8 Å². The van der Waals surface area contributed by atoms with Gasteiger partial charge in [0.15, 0.2) is 9.84 Å². The molecule has 1 aliphatic heterocycles. The van der Waals surface area contributed by atoms with Crippen LogP contribution >= 0.6 is 11.6 Å². The number of rotatable bonds is 6. The molecule has 1 fully saturated rings. The van der Waals surface area contributed by atoms with Crippen LogP contribution in [0.1, 0.15) is 6.42 Å². The van der Waals surface area contributed by atoms with Crippen LogP contribution in [0.15, 0.2) is 24.3 Å². The highest BCUT2D eigenvalue weighted by Gasteiger charge is 2.29. The molecule has 1 aliphatic rings. The van der Waals surface area contributed by atoms with E-state index in [9.17, 15) is 18.0 Å². The van der Waals surface area contributed by atoms with E-state index in [1.807, 2.05) is 0 Å². The molecule has 1 aromatic carbocycles. The van der Waals surface area contributed by atoms with Gasteiger partial charge in [-0.2, -0.15) is 0 Å². The van der Waals surface area contributed by atoms with Crippen molar-refractivity contribution in [2.45, 2.75) is 12.5 Å². The molecule has 1 atom stereocenters. The van der Waals surface area contributed by atoms with Crippen molar-refractivity contribution in [3.05, 3.63) is 29.3 Å². The Bertz CT molecular complexity index is 706. The number of halogens is 1. The molecule has 1 aromatic rings. The molecule has 9 heteroatoms. The van der Waals surface area contributed by atoms with Crippen molar-refractivity contribution in [3.8, 4) is 0 Å². The molecule has 0 bridgehead atoms. The molecule has 0 spiro atoms. The Morgan fingerprint density at radius 3 is 2.42 bits per heavy atom. The van der Waals surface area contributed by atoms with Gasteiger partial charge in [0.05, 0.1) is 24.6 Å². The van der Waals surface area contributed by atoms with Gasteiger partial charge in [-0.25, -0.2) is 8.42 Å². The van der Waals surface area contributed by atoms with E-state index < -0.39 is 9.84 Å². The van der Waals surface area contributed by atoms with Gasteiger partial charge in [-0.05, 0) is 37.7 Å². The van der Waals surface area contributed by atoms with Crippen molar-refractivity contribution >= 4 is 38.9 Å². The van der Waals surface area contributed by atoms with Crippen LogP contribution in [0.5, 0.6) is 0 Å². The van der Waals surface area contributed by atoms with Crippen LogP contribution in [0.25, 0.3) is 0 Å². The molecule has 1 heterocycles. The number of sulfone groups is 1. The first-order valence-electron chi connectivity index (χ1n) is 7.47. The summed E-state index contributed by atoms with van der Waals surface area (Å²) in [7, 11) is -1.38. The lowest BCUT2D eigenvalue weighted by molar-refractivity contribution is -0.123. The molecule has 0 unspecified atom stereocenters. The van der Waals surface area contributed by atoms with Crippen molar-refractivity contribution in [3.63, 3.8) is 0 Å². The first kappa shape index (κ1) is 18.7. The van der Waals surface area contributed by atoms with Crippen molar-refractivity contribution in [1.29, 1.82) is 0 Å². The second-order valence-electron chi connectivity index (χ2n) is 5.89. The predicted molar refractivity (Wildman–Crippen MR) is 92.8 cm³/mol. The van der Waals surface area contributed by atoms with Gasteiger partial charge < -0.3 is 10.6 Å². The van der Waals surface area contributed by atoms with Gasteiger partial charge in [-0.1, -0.05) is 11.6 Å². The highest BCUT2D eigenvalue weighted by atomic mass is 35.5. The Morgan fingerprint density at radius 2 is 1.83 bits per heavy atom. The van der Waals surface area contributed by atoms with Gasteiger partial charge in [0.1, 0.15) is 0 Å². The minimum atomic E-state index is -3.03. The number of carbonyl (C=O) groups excluding carboxylic acids is 2. The van der Waals surface area contributed by atoms with Crippen LogP contribution in [0.3, 0.4) is 0 Å². The van der Waals surface area contributed by atoms with Crippen LogP contribution < -0.4 is 10.6 Å². The summed E-state index contributed by atoms with van der Waals surface area (Å²) < 4.78 is 22.7. The molecule has 0 saturated carbocycles. The molecule has 132 valence electrons. The summed E-state index contributed by atoms with van der Waals surface area (Å²) in [6, 6.07) is 6.38. The number of anilines is 1. The first-order valence-corrected chi connectivity index (χ1v) is 9.67. The van der Waals surface area contributed by atoms with Crippen molar-refractivity contribution < 1.29 is 18.0 Å². The lowest BCUT2D eigenvalue weighted by Crippen LogP contribution is -2.43. The van der Waals surface area contributed by atoms with E-state index in [4.69, 9.17) is 11.6 Å². The number of carbonyl (C=O) groups is 2. The molecule has 2 N–H and O–H groups in total. The normalized spacial score (nSPS) is 19.2. The zero-order valence-corrected chi connectivity index (χ0v) is 14.9. The molecule has 0 aromatic heterocycles. The Kier molecular flexibility index (Phi) is 6.20. The fourth-order valence-electron chi connectivity index (χ4n) is 2.46. The predicted octanol–water partition coefficient (Wildman–Crippen LogP) is 0.514. The second kappa shape index (κ2) is 7.96. The first-order chi connectivity index (χ1) is 11.2. The summed E-state index contributed by atoms with van der Waals surface area (Å²) in [5, 5.41) is 5.97. The summed E-state index contributed by atoms with van der Waals surface area (Å²) in [4.78, 5) is 25.4. The van der Waals surface area contributed by atoms with Crippen molar-refractivity contribution in [1.82, 2.24) is 10.2 Å². The summed E-state index contributed by atoms with van der Waals surface area (Å²) in [6.07, 6.45) is 0.439. The molecule has 1 saturated heterocycles. The number of amides is 2. The van der Waals surface area contributed by atoms with Crippen LogP contribution in [0, 0.1) is 0 Å². The topological polar surface area (TPSA) is 95.6 Å². The summed E-state index contributed by atoms with van der Waals surface area (Å²) in [6.45, 7) is 0.0591. The third kappa shape index (κ3) is 6.10. The van der Waals surface area contributed by atoms with E-state index in [-0.39, 0.29) is 42.5 Å². The second-order valence-corrected chi connectivity index (χ2v) is 8.56. The van der Waals surface area contributed by atoms with Gasteiger partial charge in [-0.3, -0.25) is 14.5 Å². The molecule has 7 nitrogen and oxygen atoms in total. The van der Waals surface area contributed by atoms with Crippen LogP contribution in [-0.4, -0.2) is 62.8 Å². The molecular formula is C15H20ClN3O4S. The third-order valence-corrected chi connectivity index (χ3v) is 5.57. The Balaban J connectivity index is 1.73. The van der Waals surface area contributed by atoms with E-state index in [0.29, 0.717) is 17.1 Å². The molecule has 2 rings (SSSR count). The maximum Gasteiger partial charge on any atom is 0.238 e. The fraction of sp³-hybridized carbons (Fsp3) is 0.467. The highest BCUT2D eigenvalue weighted by Crippen LogP contribution is 2.13. The average Bonchev–Trinajstić information content (AvgIpc) is 2.79. The van der Waals surface area contributed by atoms with E-state index in [1.165, 1.54) is 0 Å². The minimum absolute atomic E-state index is 0.0144. The number of benzene rings is 1. The molecule has 24 heavy (non-hydrogen) atoms. The van der Waals surface area contributed by atoms with Crippen molar-refractivity contribution in [2.75, 3.05) is 37.0 Å².